The highest BCUT2D eigenvalue weighted by Gasteiger charge is 2.31. The number of carbonyl (C=O) groups is 2. The predicted octanol–water partition coefficient (Wildman–Crippen LogP) is 3.62. The number of aromatic nitrogens is 1. The summed E-state index contributed by atoms with van der Waals surface area (Å²) in [6.07, 6.45) is 3.00. The fraction of sp³-hybridized carbons (Fsp3) is 0.387. The SMILES string of the molecule is COc1ccc(CN(C)C[C@H]2Oc3ccc(NC(=O)c4ccncc4)cc3CC(=O)N([C@@H](C)CO)C[C@@H]2C)cc1. The highest BCUT2D eigenvalue weighted by Crippen LogP contribution is 2.29. The zero-order valence-electron chi connectivity index (χ0n) is 23.5. The van der Waals surface area contributed by atoms with Crippen LogP contribution in [0.4, 0.5) is 5.69 Å². The number of hydrogen-bond donors (Lipinski definition) is 2. The fourth-order valence-electron chi connectivity index (χ4n) is 4.85. The normalized spacial score (nSPS) is 18.1. The monoisotopic (exact) mass is 546 g/mol. The standard InChI is InChI=1S/C31H38N4O5/c1-21-17-35(22(2)20-36)30(37)16-25-15-26(33-31(38)24-11-13-32-14-12-24)7-10-28(25)40-29(21)19-34(3)18-23-5-8-27(39-4)9-6-23/h5-15,21-22,29,36H,16-20H2,1-4H3,(H,33,38)/t21-,22-,29+/m0/s1. The molecule has 4 rings (SSSR count). The van der Waals surface area contributed by atoms with Crippen molar-refractivity contribution >= 4 is 17.5 Å². The Hall–Kier alpha value is -3.95. The molecule has 40 heavy (non-hydrogen) atoms. The first-order valence-electron chi connectivity index (χ1n) is 13.5. The maximum absolute atomic E-state index is 13.5. The highest BCUT2D eigenvalue weighted by molar-refractivity contribution is 6.04. The molecule has 212 valence electrons. The van der Waals surface area contributed by atoms with Gasteiger partial charge in [0.1, 0.15) is 17.6 Å². The van der Waals surface area contributed by atoms with Gasteiger partial charge >= 0.3 is 0 Å². The molecule has 2 heterocycles. The van der Waals surface area contributed by atoms with Crippen LogP contribution in [-0.4, -0.2) is 77.7 Å². The van der Waals surface area contributed by atoms with Gasteiger partial charge in [0.15, 0.2) is 0 Å². The minimum atomic E-state index is -0.330. The summed E-state index contributed by atoms with van der Waals surface area (Å²) in [5, 5.41) is 12.8. The fourth-order valence-corrected chi connectivity index (χ4v) is 4.85. The number of likely N-dealkylation sites (N-methyl/N-ethyl adjacent to an activating group) is 1. The smallest absolute Gasteiger partial charge is 0.255 e. The van der Waals surface area contributed by atoms with E-state index in [1.165, 1.54) is 0 Å². The van der Waals surface area contributed by atoms with E-state index in [1.807, 2.05) is 44.3 Å². The maximum Gasteiger partial charge on any atom is 0.255 e. The Morgan fingerprint density at radius 3 is 2.60 bits per heavy atom. The third-order valence-electron chi connectivity index (χ3n) is 7.22. The largest absolute Gasteiger partial charge is 0.497 e. The van der Waals surface area contributed by atoms with E-state index in [1.54, 1.807) is 48.7 Å². The Bertz CT molecular complexity index is 1280. The van der Waals surface area contributed by atoms with E-state index in [4.69, 9.17) is 9.47 Å². The molecule has 3 atom stereocenters. The second kappa shape index (κ2) is 13.4. The Morgan fingerprint density at radius 1 is 1.20 bits per heavy atom. The summed E-state index contributed by atoms with van der Waals surface area (Å²) in [4.78, 5) is 34.1. The third-order valence-corrected chi connectivity index (χ3v) is 7.22. The third kappa shape index (κ3) is 7.37. The number of carbonyl (C=O) groups excluding carboxylic acids is 2. The van der Waals surface area contributed by atoms with Crippen LogP contribution in [0.1, 0.15) is 35.3 Å². The number of rotatable bonds is 9. The quantitative estimate of drug-likeness (QED) is 0.423. The van der Waals surface area contributed by atoms with Gasteiger partial charge in [-0.25, -0.2) is 0 Å². The molecule has 0 bridgehead atoms. The molecule has 0 saturated carbocycles. The van der Waals surface area contributed by atoms with Gasteiger partial charge in [-0.3, -0.25) is 19.5 Å². The summed E-state index contributed by atoms with van der Waals surface area (Å²) in [5.74, 6) is 1.06. The molecule has 1 aliphatic heterocycles. The number of hydrogen-bond acceptors (Lipinski definition) is 7. The van der Waals surface area contributed by atoms with E-state index in [2.05, 4.69) is 22.1 Å². The van der Waals surface area contributed by atoms with E-state index in [9.17, 15) is 14.7 Å². The molecule has 2 N–H and O–H groups in total. The second-order valence-corrected chi connectivity index (χ2v) is 10.4. The molecule has 3 aromatic rings. The molecule has 0 saturated heterocycles. The van der Waals surface area contributed by atoms with Crippen molar-refractivity contribution in [1.29, 1.82) is 0 Å². The molecule has 0 radical (unpaired) electrons. The summed E-state index contributed by atoms with van der Waals surface area (Å²) in [6.45, 7) is 5.60. The van der Waals surface area contributed by atoms with Crippen molar-refractivity contribution < 1.29 is 24.2 Å². The number of pyridine rings is 1. The summed E-state index contributed by atoms with van der Waals surface area (Å²) < 4.78 is 11.9. The van der Waals surface area contributed by atoms with Crippen molar-refractivity contribution in [2.45, 2.75) is 39.0 Å². The molecule has 2 aromatic carbocycles. The molecule has 9 nitrogen and oxygen atoms in total. The first kappa shape index (κ1) is 29.0. The van der Waals surface area contributed by atoms with Gasteiger partial charge in [-0.05, 0) is 62.0 Å². The number of amides is 2. The summed E-state index contributed by atoms with van der Waals surface area (Å²) in [5.41, 5.74) is 2.89. The average molecular weight is 547 g/mol. The lowest BCUT2D eigenvalue weighted by Crippen LogP contribution is -2.47. The lowest BCUT2D eigenvalue weighted by molar-refractivity contribution is -0.134. The van der Waals surface area contributed by atoms with Crippen LogP contribution in [0, 0.1) is 5.92 Å². The number of aliphatic hydroxyl groups excluding tert-OH is 1. The topological polar surface area (TPSA) is 104 Å². The van der Waals surface area contributed by atoms with E-state index in [0.29, 0.717) is 35.7 Å². The molecule has 1 aliphatic rings. The summed E-state index contributed by atoms with van der Waals surface area (Å²) in [6, 6.07) is 16.3. The van der Waals surface area contributed by atoms with Crippen LogP contribution in [0.2, 0.25) is 0 Å². The van der Waals surface area contributed by atoms with E-state index in [-0.39, 0.29) is 42.9 Å². The van der Waals surface area contributed by atoms with Crippen LogP contribution >= 0.6 is 0 Å². The molecular formula is C31H38N4O5. The zero-order chi connectivity index (χ0) is 28.6. The number of nitrogens with one attached hydrogen (secondary N) is 1. The number of methoxy groups -OCH3 is 1. The molecule has 0 fully saturated rings. The number of nitrogens with zero attached hydrogens (tertiary/aromatic N) is 3. The van der Waals surface area contributed by atoms with Gasteiger partial charge in [-0.15, -0.1) is 0 Å². The number of fused-ring (bicyclic) bond motifs is 1. The first-order valence-corrected chi connectivity index (χ1v) is 13.5. The van der Waals surface area contributed by atoms with Crippen molar-refractivity contribution in [3.63, 3.8) is 0 Å². The van der Waals surface area contributed by atoms with Crippen molar-refractivity contribution in [1.82, 2.24) is 14.8 Å². The summed E-state index contributed by atoms with van der Waals surface area (Å²) in [7, 11) is 3.70. The number of anilines is 1. The molecular weight excluding hydrogens is 508 g/mol. The second-order valence-electron chi connectivity index (χ2n) is 10.4. The van der Waals surface area contributed by atoms with Crippen LogP contribution in [-0.2, 0) is 17.8 Å². The van der Waals surface area contributed by atoms with E-state index >= 15 is 0 Å². The predicted molar refractivity (Wildman–Crippen MR) is 154 cm³/mol. The number of aliphatic hydroxyl groups is 1. The molecule has 0 aliphatic carbocycles. The Balaban J connectivity index is 1.58. The molecule has 0 unspecified atom stereocenters. The van der Waals surface area contributed by atoms with Crippen LogP contribution in [0.3, 0.4) is 0 Å². The summed E-state index contributed by atoms with van der Waals surface area (Å²) >= 11 is 0. The van der Waals surface area contributed by atoms with Gasteiger partial charge in [-0.1, -0.05) is 19.1 Å². The van der Waals surface area contributed by atoms with Gasteiger partial charge in [0.05, 0.1) is 26.2 Å². The Morgan fingerprint density at radius 2 is 1.93 bits per heavy atom. The van der Waals surface area contributed by atoms with Gasteiger partial charge in [-0.2, -0.15) is 0 Å². The van der Waals surface area contributed by atoms with Crippen molar-refractivity contribution in [3.8, 4) is 11.5 Å². The molecule has 1 aromatic heterocycles. The number of benzene rings is 2. The van der Waals surface area contributed by atoms with Crippen molar-refractivity contribution in [3.05, 3.63) is 83.7 Å². The van der Waals surface area contributed by atoms with Crippen LogP contribution in [0.25, 0.3) is 0 Å². The van der Waals surface area contributed by atoms with E-state index in [0.717, 1.165) is 17.9 Å². The minimum absolute atomic E-state index is 0.00622. The van der Waals surface area contributed by atoms with Gasteiger partial charge in [0.25, 0.3) is 5.91 Å². The Kier molecular flexibility index (Phi) is 9.74. The van der Waals surface area contributed by atoms with Crippen LogP contribution in [0.15, 0.2) is 67.0 Å². The van der Waals surface area contributed by atoms with Crippen LogP contribution < -0.4 is 14.8 Å². The van der Waals surface area contributed by atoms with Crippen molar-refractivity contribution in [2.24, 2.45) is 5.92 Å². The average Bonchev–Trinajstić information content (AvgIpc) is 3.01. The van der Waals surface area contributed by atoms with Crippen molar-refractivity contribution in [2.75, 3.05) is 39.2 Å². The van der Waals surface area contributed by atoms with Gasteiger partial charge in [0.2, 0.25) is 5.91 Å². The van der Waals surface area contributed by atoms with Gasteiger partial charge < -0.3 is 24.8 Å². The first-order chi connectivity index (χ1) is 19.3. The minimum Gasteiger partial charge on any atom is -0.497 e. The molecule has 2 amide bonds. The number of ether oxygens (including phenoxy) is 2. The molecule has 9 heteroatoms. The maximum atomic E-state index is 13.5. The lowest BCUT2D eigenvalue weighted by Gasteiger charge is -2.34. The highest BCUT2D eigenvalue weighted by atomic mass is 16.5. The Labute approximate surface area is 235 Å². The van der Waals surface area contributed by atoms with Crippen LogP contribution in [0.5, 0.6) is 11.5 Å². The van der Waals surface area contributed by atoms with E-state index < -0.39 is 0 Å². The lowest BCUT2D eigenvalue weighted by atomic mass is 10.0. The van der Waals surface area contributed by atoms with Gasteiger partial charge in [0, 0.05) is 54.8 Å². The molecule has 0 spiro atoms. The zero-order valence-corrected chi connectivity index (χ0v) is 23.5.